The van der Waals surface area contributed by atoms with Crippen LogP contribution in [0.3, 0.4) is 0 Å². The van der Waals surface area contributed by atoms with Gasteiger partial charge >= 0.3 is 0 Å². The fourth-order valence-electron chi connectivity index (χ4n) is 2.79. The van der Waals surface area contributed by atoms with Crippen LogP contribution in [0.25, 0.3) is 0 Å². The first-order chi connectivity index (χ1) is 11.3. The number of nitrogens with zero attached hydrogens (tertiary/aromatic N) is 1. The summed E-state index contributed by atoms with van der Waals surface area (Å²) < 4.78 is 22.9. The lowest BCUT2D eigenvalue weighted by molar-refractivity contribution is -0.134. The highest BCUT2D eigenvalue weighted by Gasteiger charge is 2.57. The molecule has 1 aromatic carbocycles. The Bertz CT molecular complexity index is 820. The number of anilines is 1. The molecule has 1 aromatic rings. The van der Waals surface area contributed by atoms with Gasteiger partial charge in [-0.1, -0.05) is 0 Å². The molecule has 1 aliphatic carbocycles. The number of hydrogen-bond donors (Lipinski definition) is 2. The van der Waals surface area contributed by atoms with Gasteiger partial charge in [-0.3, -0.25) is 9.59 Å². The summed E-state index contributed by atoms with van der Waals surface area (Å²) in [5.74, 6) is -0.796. The van der Waals surface area contributed by atoms with E-state index in [1.165, 1.54) is 0 Å². The van der Waals surface area contributed by atoms with Gasteiger partial charge in [-0.15, -0.1) is 0 Å². The number of carbonyl (C=O) groups is 2. The van der Waals surface area contributed by atoms with Crippen LogP contribution in [0.15, 0.2) is 24.3 Å². The molecule has 1 heterocycles. The lowest BCUT2D eigenvalue weighted by Gasteiger charge is -2.18. The van der Waals surface area contributed by atoms with Crippen molar-refractivity contribution < 1.29 is 18.0 Å². The number of benzene rings is 1. The summed E-state index contributed by atoms with van der Waals surface area (Å²) in [7, 11) is -3.08. The van der Waals surface area contributed by atoms with Gasteiger partial charge < -0.3 is 10.6 Å². The van der Waals surface area contributed by atoms with Gasteiger partial charge in [0.2, 0.25) is 11.8 Å². The number of nitriles is 1. The van der Waals surface area contributed by atoms with E-state index in [1.807, 2.05) is 6.07 Å². The van der Waals surface area contributed by atoms with E-state index in [-0.39, 0.29) is 11.5 Å². The Morgan fingerprint density at radius 2 is 1.83 bits per heavy atom. The van der Waals surface area contributed by atoms with E-state index < -0.39 is 33.1 Å². The molecule has 126 valence electrons. The zero-order valence-electron chi connectivity index (χ0n) is 12.9. The Kier molecular flexibility index (Phi) is 4.05. The van der Waals surface area contributed by atoms with Gasteiger partial charge in [-0.25, -0.2) is 8.42 Å². The summed E-state index contributed by atoms with van der Waals surface area (Å²) in [5.41, 5.74) is -0.115. The predicted molar refractivity (Wildman–Crippen MR) is 86.7 cm³/mol. The molecule has 1 aliphatic heterocycles. The van der Waals surface area contributed by atoms with E-state index in [9.17, 15) is 18.0 Å². The molecule has 2 aliphatic rings. The van der Waals surface area contributed by atoms with Gasteiger partial charge in [0.1, 0.15) is 5.41 Å². The van der Waals surface area contributed by atoms with Gasteiger partial charge in [0.15, 0.2) is 9.84 Å². The van der Waals surface area contributed by atoms with Crippen LogP contribution in [-0.2, 0) is 19.4 Å². The SMILES string of the molecule is N#Cc1ccc(NC(=O)C2(C(=O)NC3CCS(=O)(=O)C3)CC2)cc1. The number of rotatable bonds is 4. The third kappa shape index (κ3) is 3.26. The summed E-state index contributed by atoms with van der Waals surface area (Å²) in [6.07, 6.45) is 1.28. The molecular formula is C16H17N3O4S. The monoisotopic (exact) mass is 347 g/mol. The predicted octanol–water partition coefficient (Wildman–Crippen LogP) is 0.580. The molecule has 0 spiro atoms. The number of amides is 2. The molecule has 0 aromatic heterocycles. The molecule has 7 nitrogen and oxygen atoms in total. The molecule has 1 saturated heterocycles. The first-order valence-corrected chi connectivity index (χ1v) is 9.50. The number of nitrogens with one attached hydrogen (secondary N) is 2. The van der Waals surface area contributed by atoms with Crippen LogP contribution >= 0.6 is 0 Å². The molecule has 2 fully saturated rings. The summed E-state index contributed by atoms with van der Waals surface area (Å²) in [6, 6.07) is 7.95. The largest absolute Gasteiger partial charge is 0.351 e. The maximum absolute atomic E-state index is 12.4. The molecule has 0 bridgehead atoms. The average molecular weight is 347 g/mol. The van der Waals surface area contributed by atoms with Crippen molar-refractivity contribution >= 4 is 27.3 Å². The molecule has 1 unspecified atom stereocenters. The van der Waals surface area contributed by atoms with E-state index in [2.05, 4.69) is 10.6 Å². The third-order valence-corrected chi connectivity index (χ3v) is 6.23. The highest BCUT2D eigenvalue weighted by molar-refractivity contribution is 7.91. The van der Waals surface area contributed by atoms with E-state index >= 15 is 0 Å². The summed E-state index contributed by atoms with van der Waals surface area (Å²) >= 11 is 0. The maximum atomic E-state index is 12.4. The Morgan fingerprint density at radius 3 is 2.33 bits per heavy atom. The number of hydrogen-bond acceptors (Lipinski definition) is 5. The second-order valence-corrected chi connectivity index (χ2v) is 8.53. The van der Waals surface area contributed by atoms with Crippen molar-refractivity contribution in [2.24, 2.45) is 5.41 Å². The second-order valence-electron chi connectivity index (χ2n) is 6.30. The Balaban J connectivity index is 1.63. The van der Waals surface area contributed by atoms with Crippen molar-refractivity contribution in [3.8, 4) is 6.07 Å². The molecule has 1 atom stereocenters. The molecule has 2 N–H and O–H groups in total. The highest BCUT2D eigenvalue weighted by atomic mass is 32.2. The van der Waals surface area contributed by atoms with Gasteiger partial charge in [-0.05, 0) is 43.5 Å². The molecular weight excluding hydrogens is 330 g/mol. The van der Waals surface area contributed by atoms with E-state index in [0.717, 1.165) is 0 Å². The average Bonchev–Trinajstić information content (AvgIpc) is 3.29. The minimum Gasteiger partial charge on any atom is -0.351 e. The van der Waals surface area contributed by atoms with Gasteiger partial charge in [0.05, 0.1) is 23.1 Å². The first kappa shape index (κ1) is 16.5. The Morgan fingerprint density at radius 1 is 1.17 bits per heavy atom. The fraction of sp³-hybridized carbons (Fsp3) is 0.438. The summed E-state index contributed by atoms with van der Waals surface area (Å²) in [5, 5.41) is 14.2. The quantitative estimate of drug-likeness (QED) is 0.773. The van der Waals surface area contributed by atoms with Crippen molar-refractivity contribution in [2.45, 2.75) is 25.3 Å². The lowest BCUT2D eigenvalue weighted by atomic mass is 10.0. The van der Waals surface area contributed by atoms with Gasteiger partial charge in [0.25, 0.3) is 0 Å². The molecule has 8 heteroatoms. The van der Waals surface area contributed by atoms with Gasteiger partial charge in [0, 0.05) is 11.7 Å². The summed E-state index contributed by atoms with van der Waals surface area (Å²) in [6.45, 7) is 0. The highest BCUT2D eigenvalue weighted by Crippen LogP contribution is 2.47. The van der Waals surface area contributed by atoms with Crippen molar-refractivity contribution in [1.82, 2.24) is 5.32 Å². The minimum absolute atomic E-state index is 0.0634. The zero-order valence-corrected chi connectivity index (χ0v) is 13.7. The van der Waals surface area contributed by atoms with Gasteiger partial charge in [-0.2, -0.15) is 5.26 Å². The number of carbonyl (C=O) groups excluding carboxylic acids is 2. The summed E-state index contributed by atoms with van der Waals surface area (Å²) in [4.78, 5) is 24.9. The van der Waals surface area contributed by atoms with Crippen molar-refractivity contribution in [1.29, 1.82) is 5.26 Å². The Labute approximate surface area is 140 Å². The van der Waals surface area contributed by atoms with Crippen LogP contribution in [0.1, 0.15) is 24.8 Å². The standard InChI is InChI=1S/C16H17N3O4S/c17-9-11-1-3-12(4-2-11)18-14(20)16(6-7-16)15(21)19-13-5-8-24(22,23)10-13/h1-4,13H,5-8,10H2,(H,18,20)(H,19,21). The minimum atomic E-state index is -3.08. The maximum Gasteiger partial charge on any atom is 0.240 e. The van der Waals surface area contributed by atoms with Crippen LogP contribution in [0, 0.1) is 16.7 Å². The second kappa shape index (κ2) is 5.91. The van der Waals surface area contributed by atoms with E-state index in [0.29, 0.717) is 30.5 Å². The molecule has 2 amide bonds. The van der Waals surface area contributed by atoms with Crippen LogP contribution in [0.5, 0.6) is 0 Å². The topological polar surface area (TPSA) is 116 Å². The van der Waals surface area contributed by atoms with Crippen LogP contribution < -0.4 is 10.6 Å². The molecule has 3 rings (SSSR count). The van der Waals surface area contributed by atoms with Crippen molar-refractivity contribution in [2.75, 3.05) is 16.8 Å². The molecule has 24 heavy (non-hydrogen) atoms. The van der Waals surface area contributed by atoms with Crippen molar-refractivity contribution in [3.63, 3.8) is 0 Å². The zero-order chi connectivity index (χ0) is 17.4. The van der Waals surface area contributed by atoms with Crippen LogP contribution in [0.4, 0.5) is 5.69 Å². The van der Waals surface area contributed by atoms with Crippen LogP contribution in [0.2, 0.25) is 0 Å². The molecule has 1 saturated carbocycles. The first-order valence-electron chi connectivity index (χ1n) is 7.68. The lowest BCUT2D eigenvalue weighted by Crippen LogP contribution is -2.45. The number of sulfone groups is 1. The fourth-order valence-corrected chi connectivity index (χ4v) is 4.47. The van der Waals surface area contributed by atoms with E-state index in [4.69, 9.17) is 5.26 Å². The smallest absolute Gasteiger partial charge is 0.240 e. The molecule has 0 radical (unpaired) electrons. The normalized spacial score (nSPS) is 23.0. The third-order valence-electron chi connectivity index (χ3n) is 4.46. The Hall–Kier alpha value is -2.40. The van der Waals surface area contributed by atoms with E-state index in [1.54, 1.807) is 24.3 Å². The van der Waals surface area contributed by atoms with Crippen molar-refractivity contribution in [3.05, 3.63) is 29.8 Å². The van der Waals surface area contributed by atoms with Crippen LogP contribution in [-0.4, -0.2) is 37.8 Å².